The Bertz CT molecular complexity index is 926. The van der Waals surface area contributed by atoms with Crippen LogP contribution in [0.15, 0.2) is 53.4 Å². The maximum Gasteiger partial charge on any atom is 0.324 e. The van der Waals surface area contributed by atoms with Crippen molar-refractivity contribution in [3.63, 3.8) is 0 Å². The van der Waals surface area contributed by atoms with Gasteiger partial charge in [-0.1, -0.05) is 29.8 Å². The number of aliphatic carboxylic acids is 1. The average Bonchev–Trinajstić information content (AvgIpc) is 2.59. The molecule has 0 saturated carbocycles. The summed E-state index contributed by atoms with van der Waals surface area (Å²) in [5.41, 5.74) is 0.362. The van der Waals surface area contributed by atoms with Gasteiger partial charge in [-0.2, -0.15) is 4.72 Å². The third-order valence-corrected chi connectivity index (χ3v) is 5.07. The summed E-state index contributed by atoms with van der Waals surface area (Å²) in [6, 6.07) is 8.46. The van der Waals surface area contributed by atoms with Crippen LogP contribution in [0.5, 0.6) is 0 Å². The van der Waals surface area contributed by atoms with Gasteiger partial charge in [-0.05, 0) is 24.6 Å². The molecule has 138 valence electrons. The number of rotatable bonds is 7. The van der Waals surface area contributed by atoms with E-state index in [4.69, 9.17) is 0 Å². The fraction of sp³-hybridized carbons (Fsp3) is 0.188. The van der Waals surface area contributed by atoms with Crippen molar-refractivity contribution in [3.05, 3.63) is 69.8 Å². The molecule has 10 heteroatoms. The van der Waals surface area contributed by atoms with Crippen LogP contribution in [0.25, 0.3) is 0 Å². The molecule has 0 fully saturated rings. The number of aliphatic hydroxyl groups excluding tert-OH is 1. The molecular formula is C16H16N2O7S. The predicted octanol–water partition coefficient (Wildman–Crippen LogP) is 1.37. The first-order valence-electron chi connectivity index (χ1n) is 7.36. The monoisotopic (exact) mass is 380 g/mol. The molecule has 0 saturated heterocycles. The second kappa shape index (κ2) is 7.60. The number of aliphatic hydroxyl groups is 1. The third-order valence-electron chi connectivity index (χ3n) is 3.62. The SMILES string of the molecule is Cc1ccc(S(=O)(=O)NC(C(=O)O)C(O)c2cccc([N+](=O)[O-])c2)cc1. The molecule has 0 radical (unpaired) electrons. The van der Waals surface area contributed by atoms with Crippen molar-refractivity contribution in [1.82, 2.24) is 4.72 Å². The Morgan fingerprint density at radius 3 is 2.35 bits per heavy atom. The summed E-state index contributed by atoms with van der Waals surface area (Å²) in [6.07, 6.45) is -1.83. The number of nitro benzene ring substituents is 1. The van der Waals surface area contributed by atoms with Crippen molar-refractivity contribution in [2.45, 2.75) is 24.0 Å². The van der Waals surface area contributed by atoms with Gasteiger partial charge in [0.25, 0.3) is 5.69 Å². The highest BCUT2D eigenvalue weighted by molar-refractivity contribution is 7.89. The van der Waals surface area contributed by atoms with Gasteiger partial charge in [0.2, 0.25) is 10.0 Å². The summed E-state index contributed by atoms with van der Waals surface area (Å²) < 4.78 is 26.7. The molecule has 0 aromatic heterocycles. The minimum Gasteiger partial charge on any atom is -0.480 e. The summed E-state index contributed by atoms with van der Waals surface area (Å²) >= 11 is 0. The molecule has 26 heavy (non-hydrogen) atoms. The fourth-order valence-electron chi connectivity index (χ4n) is 2.22. The largest absolute Gasteiger partial charge is 0.480 e. The van der Waals surface area contributed by atoms with Crippen molar-refractivity contribution >= 4 is 21.7 Å². The Hall–Kier alpha value is -2.82. The highest BCUT2D eigenvalue weighted by Crippen LogP contribution is 2.23. The quantitative estimate of drug-likeness (QED) is 0.485. The van der Waals surface area contributed by atoms with Crippen LogP contribution < -0.4 is 4.72 Å². The van der Waals surface area contributed by atoms with Crippen molar-refractivity contribution in [1.29, 1.82) is 0 Å². The molecule has 2 atom stereocenters. The number of nitrogens with zero attached hydrogens (tertiary/aromatic N) is 1. The molecule has 0 spiro atoms. The minimum absolute atomic E-state index is 0.0989. The van der Waals surface area contributed by atoms with E-state index in [2.05, 4.69) is 0 Å². The van der Waals surface area contributed by atoms with Gasteiger partial charge in [-0.25, -0.2) is 8.42 Å². The molecule has 2 rings (SSSR count). The first-order valence-corrected chi connectivity index (χ1v) is 8.84. The van der Waals surface area contributed by atoms with Crippen LogP contribution in [0, 0.1) is 17.0 Å². The van der Waals surface area contributed by atoms with Crippen LogP contribution in [0.1, 0.15) is 17.2 Å². The van der Waals surface area contributed by atoms with Crippen molar-refractivity contribution in [2.24, 2.45) is 0 Å². The number of nitrogens with one attached hydrogen (secondary N) is 1. The van der Waals surface area contributed by atoms with Crippen LogP contribution in [0.2, 0.25) is 0 Å². The molecule has 9 nitrogen and oxygen atoms in total. The molecule has 0 aliphatic carbocycles. The van der Waals surface area contributed by atoms with E-state index in [-0.39, 0.29) is 16.1 Å². The van der Waals surface area contributed by atoms with Crippen LogP contribution in [-0.2, 0) is 14.8 Å². The van der Waals surface area contributed by atoms with Gasteiger partial charge in [0.05, 0.1) is 9.82 Å². The Morgan fingerprint density at radius 1 is 1.19 bits per heavy atom. The number of carboxylic acid groups (broad SMARTS) is 1. The van der Waals surface area contributed by atoms with Crippen LogP contribution in [0.3, 0.4) is 0 Å². The van der Waals surface area contributed by atoms with Gasteiger partial charge in [0, 0.05) is 12.1 Å². The van der Waals surface area contributed by atoms with Gasteiger partial charge < -0.3 is 10.2 Å². The Morgan fingerprint density at radius 2 is 1.81 bits per heavy atom. The first kappa shape index (κ1) is 19.5. The number of sulfonamides is 1. The summed E-state index contributed by atoms with van der Waals surface area (Å²) in [4.78, 5) is 21.4. The Balaban J connectivity index is 2.34. The average molecular weight is 380 g/mol. The second-order valence-electron chi connectivity index (χ2n) is 5.55. The number of benzene rings is 2. The van der Waals surface area contributed by atoms with E-state index < -0.39 is 33.1 Å². The van der Waals surface area contributed by atoms with E-state index >= 15 is 0 Å². The number of carboxylic acids is 1. The summed E-state index contributed by atoms with van der Waals surface area (Å²) in [6.45, 7) is 1.76. The number of aryl methyl sites for hydroxylation is 1. The van der Waals surface area contributed by atoms with E-state index in [1.807, 2.05) is 4.72 Å². The van der Waals surface area contributed by atoms with E-state index in [1.54, 1.807) is 19.1 Å². The smallest absolute Gasteiger partial charge is 0.324 e. The van der Waals surface area contributed by atoms with Crippen LogP contribution >= 0.6 is 0 Å². The molecule has 0 aliphatic rings. The minimum atomic E-state index is -4.23. The molecular weight excluding hydrogens is 364 g/mol. The Labute approximate surface area is 149 Å². The standard InChI is InChI=1S/C16H16N2O7S/c1-10-5-7-13(8-6-10)26(24,25)17-14(16(20)21)15(19)11-3-2-4-12(9-11)18(22)23/h2-9,14-15,17,19H,1H3,(H,20,21). The highest BCUT2D eigenvalue weighted by atomic mass is 32.2. The van der Waals surface area contributed by atoms with E-state index in [0.29, 0.717) is 0 Å². The third kappa shape index (κ3) is 4.42. The topological polar surface area (TPSA) is 147 Å². The van der Waals surface area contributed by atoms with Gasteiger partial charge >= 0.3 is 5.97 Å². The zero-order valence-corrected chi connectivity index (χ0v) is 14.4. The molecule has 0 heterocycles. The fourth-order valence-corrected chi connectivity index (χ4v) is 3.41. The van der Waals surface area contributed by atoms with E-state index in [1.165, 1.54) is 30.3 Å². The second-order valence-corrected chi connectivity index (χ2v) is 7.26. The maximum absolute atomic E-state index is 12.4. The summed E-state index contributed by atoms with van der Waals surface area (Å²) in [7, 11) is -4.23. The predicted molar refractivity (Wildman–Crippen MR) is 91.0 cm³/mol. The lowest BCUT2D eigenvalue weighted by Gasteiger charge is -2.20. The molecule has 0 amide bonds. The van der Waals surface area contributed by atoms with Gasteiger partial charge in [0.15, 0.2) is 0 Å². The zero-order valence-electron chi connectivity index (χ0n) is 13.6. The molecule has 0 aliphatic heterocycles. The number of nitro groups is 1. The lowest BCUT2D eigenvalue weighted by molar-refractivity contribution is -0.385. The van der Waals surface area contributed by atoms with Crippen LogP contribution in [-0.4, -0.2) is 35.6 Å². The molecule has 2 unspecified atom stereocenters. The van der Waals surface area contributed by atoms with Crippen LogP contribution in [0.4, 0.5) is 5.69 Å². The number of non-ortho nitro benzene ring substituents is 1. The van der Waals surface area contributed by atoms with E-state index in [9.17, 15) is 33.5 Å². The lowest BCUT2D eigenvalue weighted by atomic mass is 10.0. The molecule has 2 aromatic rings. The van der Waals surface area contributed by atoms with Crippen molar-refractivity contribution < 1.29 is 28.3 Å². The number of hydrogen-bond donors (Lipinski definition) is 3. The van der Waals surface area contributed by atoms with E-state index in [0.717, 1.165) is 11.6 Å². The summed E-state index contributed by atoms with van der Waals surface area (Å²) in [5, 5.41) is 30.4. The molecule has 3 N–H and O–H groups in total. The lowest BCUT2D eigenvalue weighted by Crippen LogP contribution is -2.44. The zero-order chi connectivity index (χ0) is 19.5. The Kier molecular flexibility index (Phi) is 5.70. The molecule has 0 bridgehead atoms. The molecule has 2 aromatic carbocycles. The highest BCUT2D eigenvalue weighted by Gasteiger charge is 2.33. The van der Waals surface area contributed by atoms with Gasteiger partial charge in [-0.15, -0.1) is 0 Å². The summed E-state index contributed by atoms with van der Waals surface area (Å²) in [5.74, 6) is -1.63. The van der Waals surface area contributed by atoms with Crippen molar-refractivity contribution in [3.8, 4) is 0 Å². The first-order chi connectivity index (χ1) is 12.1. The maximum atomic E-state index is 12.4. The number of hydrogen-bond acceptors (Lipinski definition) is 6. The van der Waals surface area contributed by atoms with Gasteiger partial charge in [0.1, 0.15) is 12.1 Å². The number of carbonyl (C=O) groups is 1. The van der Waals surface area contributed by atoms with Crippen molar-refractivity contribution in [2.75, 3.05) is 0 Å². The normalized spacial score (nSPS) is 13.8. The van der Waals surface area contributed by atoms with Gasteiger partial charge in [-0.3, -0.25) is 14.9 Å².